The summed E-state index contributed by atoms with van der Waals surface area (Å²) in [5.41, 5.74) is 1.94. The molecule has 0 saturated carbocycles. The molecule has 19 heavy (non-hydrogen) atoms. The molecule has 0 radical (unpaired) electrons. The van der Waals surface area contributed by atoms with Gasteiger partial charge in [-0.1, -0.05) is 26.3 Å². The van der Waals surface area contributed by atoms with Crippen LogP contribution in [0.5, 0.6) is 0 Å². The van der Waals surface area contributed by atoms with Crippen LogP contribution in [0.1, 0.15) is 38.7 Å². The summed E-state index contributed by atoms with van der Waals surface area (Å²) in [5, 5.41) is -0.283. The number of fused-ring (bicyclic) bond motifs is 1. The Labute approximate surface area is 129 Å². The lowest BCUT2D eigenvalue weighted by Gasteiger charge is -2.39. The predicted octanol–water partition coefficient (Wildman–Crippen LogP) is 3.89. The van der Waals surface area contributed by atoms with Crippen LogP contribution in [0.3, 0.4) is 0 Å². The topological polar surface area (TPSA) is 37.4 Å². The van der Waals surface area contributed by atoms with Gasteiger partial charge in [0.25, 0.3) is 0 Å². The van der Waals surface area contributed by atoms with Crippen molar-refractivity contribution in [3.63, 3.8) is 0 Å². The summed E-state index contributed by atoms with van der Waals surface area (Å²) in [6.45, 7) is 6.11. The molecule has 2 rings (SSSR count). The molecule has 1 aliphatic heterocycles. The molecule has 0 bridgehead atoms. The van der Waals surface area contributed by atoms with E-state index >= 15 is 0 Å². The van der Waals surface area contributed by atoms with Crippen molar-refractivity contribution in [3.05, 3.63) is 23.8 Å². The second-order valence-electron chi connectivity index (χ2n) is 5.13. The second-order valence-corrected chi connectivity index (χ2v) is 8.30. The fourth-order valence-corrected chi connectivity index (χ4v) is 6.65. The Morgan fingerprint density at radius 1 is 1.32 bits per heavy atom. The lowest BCUT2D eigenvalue weighted by Crippen LogP contribution is -2.46. The van der Waals surface area contributed by atoms with Crippen LogP contribution in [0.15, 0.2) is 23.1 Å². The van der Waals surface area contributed by atoms with E-state index in [1.165, 1.54) is 0 Å². The minimum Gasteiger partial charge on any atom is -0.309 e. The molecular formula is C14H20INO2S. The summed E-state index contributed by atoms with van der Waals surface area (Å²) in [6.07, 6.45) is 2.47. The van der Waals surface area contributed by atoms with Gasteiger partial charge in [-0.2, -0.15) is 0 Å². The van der Waals surface area contributed by atoms with Crippen molar-refractivity contribution < 1.29 is 8.42 Å². The van der Waals surface area contributed by atoms with Crippen molar-refractivity contribution >= 4 is 38.4 Å². The third kappa shape index (κ3) is 2.51. The van der Waals surface area contributed by atoms with Crippen molar-refractivity contribution in [3.8, 4) is 0 Å². The van der Waals surface area contributed by atoms with E-state index in [1.54, 1.807) is 6.07 Å². The molecule has 0 aromatic heterocycles. The average Bonchev–Trinajstić information content (AvgIpc) is 2.36. The first kappa shape index (κ1) is 15.1. The molecule has 1 aromatic rings. The number of aryl methyl sites for hydroxylation is 1. The zero-order valence-electron chi connectivity index (χ0n) is 11.6. The van der Waals surface area contributed by atoms with Gasteiger partial charge in [-0.15, -0.1) is 0 Å². The van der Waals surface area contributed by atoms with E-state index in [-0.39, 0.29) is 11.3 Å². The van der Waals surface area contributed by atoms with Crippen LogP contribution >= 0.6 is 22.9 Å². The number of benzene rings is 1. The number of halogens is 1. The van der Waals surface area contributed by atoms with Crippen LogP contribution < -0.4 is 3.11 Å². The SMILES string of the molecule is CCCC1C(CC)N(I)c2cc(C)ccc2S1(=O)=O. The number of rotatable bonds is 3. The van der Waals surface area contributed by atoms with Crippen LogP contribution in [-0.4, -0.2) is 19.7 Å². The zero-order valence-corrected chi connectivity index (χ0v) is 14.5. The van der Waals surface area contributed by atoms with Gasteiger partial charge in [0.05, 0.1) is 44.7 Å². The van der Waals surface area contributed by atoms with E-state index in [0.717, 1.165) is 30.5 Å². The van der Waals surface area contributed by atoms with Crippen LogP contribution in [0.2, 0.25) is 0 Å². The maximum atomic E-state index is 12.8. The first-order chi connectivity index (χ1) is 8.93. The van der Waals surface area contributed by atoms with E-state index < -0.39 is 9.84 Å². The van der Waals surface area contributed by atoms with Crippen molar-refractivity contribution in [2.75, 3.05) is 3.11 Å². The van der Waals surface area contributed by atoms with E-state index in [4.69, 9.17) is 0 Å². The Bertz CT molecular complexity index is 571. The first-order valence-corrected chi connectivity index (χ1v) is 9.24. The van der Waals surface area contributed by atoms with E-state index in [1.807, 2.05) is 26.0 Å². The van der Waals surface area contributed by atoms with Gasteiger partial charge in [-0.05, 0) is 37.5 Å². The molecule has 3 nitrogen and oxygen atoms in total. The smallest absolute Gasteiger partial charge is 0.185 e. The summed E-state index contributed by atoms with van der Waals surface area (Å²) < 4.78 is 27.7. The Kier molecular flexibility index (Phi) is 4.45. The zero-order chi connectivity index (χ0) is 14.2. The van der Waals surface area contributed by atoms with Crippen molar-refractivity contribution in [2.24, 2.45) is 0 Å². The molecular weight excluding hydrogens is 373 g/mol. The molecule has 0 N–H and O–H groups in total. The molecule has 2 atom stereocenters. The molecule has 0 saturated heterocycles. The fraction of sp³-hybridized carbons (Fsp3) is 0.571. The third-order valence-corrected chi connectivity index (χ3v) is 7.30. The largest absolute Gasteiger partial charge is 0.309 e. The van der Waals surface area contributed by atoms with Crippen LogP contribution in [-0.2, 0) is 9.84 Å². The third-order valence-electron chi connectivity index (χ3n) is 3.76. The van der Waals surface area contributed by atoms with E-state index in [0.29, 0.717) is 4.90 Å². The molecule has 1 aliphatic rings. The van der Waals surface area contributed by atoms with Crippen LogP contribution in [0, 0.1) is 6.92 Å². The highest BCUT2D eigenvalue weighted by atomic mass is 127. The summed E-state index contributed by atoms with van der Waals surface area (Å²) in [4.78, 5) is 0.496. The van der Waals surface area contributed by atoms with Gasteiger partial charge in [0.15, 0.2) is 9.84 Å². The van der Waals surface area contributed by atoms with Gasteiger partial charge < -0.3 is 3.11 Å². The molecule has 0 fully saturated rings. The van der Waals surface area contributed by atoms with Crippen LogP contribution in [0.4, 0.5) is 5.69 Å². The average molecular weight is 393 g/mol. The summed E-state index contributed by atoms with van der Waals surface area (Å²) in [6, 6.07) is 5.69. The van der Waals surface area contributed by atoms with Gasteiger partial charge >= 0.3 is 0 Å². The monoisotopic (exact) mass is 393 g/mol. The Hall–Kier alpha value is -0.300. The summed E-state index contributed by atoms with van der Waals surface area (Å²) >= 11 is 2.27. The quantitative estimate of drug-likeness (QED) is 0.578. The van der Waals surface area contributed by atoms with Crippen molar-refractivity contribution in [2.45, 2.75) is 56.2 Å². The number of nitrogens with zero attached hydrogens (tertiary/aromatic N) is 1. The lowest BCUT2D eigenvalue weighted by molar-refractivity contribution is 0.515. The van der Waals surface area contributed by atoms with Gasteiger partial charge in [0.1, 0.15) is 0 Å². The first-order valence-electron chi connectivity index (χ1n) is 6.73. The lowest BCUT2D eigenvalue weighted by atomic mass is 10.1. The molecule has 1 aromatic carbocycles. The van der Waals surface area contributed by atoms with E-state index in [9.17, 15) is 8.42 Å². The fourth-order valence-electron chi connectivity index (χ4n) is 2.78. The minimum atomic E-state index is -3.20. The molecule has 2 unspecified atom stereocenters. The highest BCUT2D eigenvalue weighted by Crippen LogP contribution is 2.42. The molecule has 0 amide bonds. The highest BCUT2D eigenvalue weighted by molar-refractivity contribution is 14.1. The van der Waals surface area contributed by atoms with Crippen molar-refractivity contribution in [1.82, 2.24) is 0 Å². The number of hydrogen-bond acceptors (Lipinski definition) is 3. The standard InChI is InChI=1S/C14H20INO2S/c1-4-6-13-11(5-2)16(15)12-9-10(3)7-8-14(12)19(13,17)18/h7-9,11,13H,4-6H2,1-3H3. The van der Waals surface area contributed by atoms with Gasteiger partial charge in [-0.3, -0.25) is 0 Å². The maximum Gasteiger partial charge on any atom is 0.185 e. The molecule has 106 valence electrons. The van der Waals surface area contributed by atoms with Gasteiger partial charge in [0.2, 0.25) is 0 Å². The molecule has 1 heterocycles. The van der Waals surface area contributed by atoms with Gasteiger partial charge in [0, 0.05) is 0 Å². The Morgan fingerprint density at radius 3 is 2.58 bits per heavy atom. The summed E-state index contributed by atoms with van der Waals surface area (Å²) in [5.74, 6) is 0. The number of hydrogen-bond donors (Lipinski definition) is 0. The Balaban J connectivity index is 2.63. The molecule has 5 heteroatoms. The normalized spacial score (nSPS) is 25.2. The molecule has 0 spiro atoms. The number of sulfone groups is 1. The maximum absolute atomic E-state index is 12.8. The number of anilines is 1. The van der Waals surface area contributed by atoms with Crippen molar-refractivity contribution in [1.29, 1.82) is 0 Å². The van der Waals surface area contributed by atoms with E-state index in [2.05, 4.69) is 32.9 Å². The minimum absolute atomic E-state index is 0.0693. The molecule has 0 aliphatic carbocycles. The Morgan fingerprint density at radius 2 is 2.00 bits per heavy atom. The highest BCUT2D eigenvalue weighted by Gasteiger charge is 2.42. The second kappa shape index (κ2) is 5.60. The predicted molar refractivity (Wildman–Crippen MR) is 87.6 cm³/mol. The van der Waals surface area contributed by atoms with Gasteiger partial charge in [-0.25, -0.2) is 8.42 Å². The summed E-state index contributed by atoms with van der Waals surface area (Å²) in [7, 11) is -3.20. The van der Waals surface area contributed by atoms with Crippen LogP contribution in [0.25, 0.3) is 0 Å².